The molecule has 1 aromatic rings. The molecule has 1 nitrogen and oxygen atoms in total. The zero-order chi connectivity index (χ0) is 16.5. The Kier molecular flexibility index (Phi) is 4.59. The number of hydrogen-bond acceptors (Lipinski definition) is 1. The van der Waals surface area contributed by atoms with Gasteiger partial charge >= 0.3 is 0 Å². The molecule has 0 radical (unpaired) electrons. The highest BCUT2D eigenvalue weighted by molar-refractivity contribution is 5.71. The zero-order valence-corrected chi connectivity index (χ0v) is 15.1. The van der Waals surface area contributed by atoms with E-state index in [9.17, 15) is 0 Å². The molecule has 1 heteroatoms. The van der Waals surface area contributed by atoms with Gasteiger partial charge in [-0.25, -0.2) is 0 Å². The Morgan fingerprint density at radius 1 is 1.14 bits per heavy atom. The van der Waals surface area contributed by atoms with Gasteiger partial charge in [0.25, 0.3) is 0 Å². The van der Waals surface area contributed by atoms with Gasteiger partial charge in [0.15, 0.2) is 0 Å². The molecule has 0 N–H and O–H groups in total. The highest BCUT2D eigenvalue weighted by Crippen LogP contribution is 2.48. The minimum Gasteiger partial charge on any atom is -0.493 e. The Balaban J connectivity index is 2.69. The molecule has 0 atom stereocenters. The van der Waals surface area contributed by atoms with E-state index >= 15 is 0 Å². The average Bonchev–Trinajstić information content (AvgIpc) is 2.48. The fraction of sp³-hybridized carbons (Fsp3) is 0.571. The molecule has 2 rings (SSSR count). The largest absolute Gasteiger partial charge is 0.493 e. The predicted molar refractivity (Wildman–Crippen MR) is 95.7 cm³/mol. The lowest BCUT2D eigenvalue weighted by atomic mass is 9.62. The van der Waals surface area contributed by atoms with Gasteiger partial charge < -0.3 is 4.74 Å². The molecular weight excluding hydrogens is 268 g/mol. The third kappa shape index (κ3) is 3.01. The summed E-state index contributed by atoms with van der Waals surface area (Å²) in [4.78, 5) is 0. The second kappa shape index (κ2) is 5.97. The first-order valence-electron chi connectivity index (χ1n) is 8.42. The van der Waals surface area contributed by atoms with Gasteiger partial charge in [0.2, 0.25) is 0 Å². The smallest absolute Gasteiger partial charge is 0.127 e. The van der Waals surface area contributed by atoms with E-state index < -0.39 is 0 Å². The summed E-state index contributed by atoms with van der Waals surface area (Å²) in [7, 11) is 0. The molecule has 0 saturated heterocycles. The SMILES string of the molecule is C=C=C(C)c1cc2c(cc1OCCC)C(C)(C)CCC2(C)C. The van der Waals surface area contributed by atoms with Gasteiger partial charge in [0.05, 0.1) is 6.61 Å². The van der Waals surface area contributed by atoms with Crippen molar-refractivity contribution in [3.8, 4) is 5.75 Å². The lowest BCUT2D eigenvalue weighted by Gasteiger charge is -2.42. The summed E-state index contributed by atoms with van der Waals surface area (Å²) in [5, 5.41) is 0. The van der Waals surface area contributed by atoms with Crippen LogP contribution in [0.1, 0.15) is 77.5 Å². The predicted octanol–water partition coefficient (Wildman–Crippen LogP) is 6.01. The maximum absolute atomic E-state index is 6.05. The molecule has 0 spiro atoms. The molecule has 22 heavy (non-hydrogen) atoms. The van der Waals surface area contributed by atoms with Crippen molar-refractivity contribution < 1.29 is 4.74 Å². The topological polar surface area (TPSA) is 9.23 Å². The molecule has 0 aromatic heterocycles. The van der Waals surface area contributed by atoms with E-state index in [1.165, 1.54) is 24.0 Å². The monoisotopic (exact) mass is 298 g/mol. The van der Waals surface area contributed by atoms with Crippen LogP contribution in [0.4, 0.5) is 0 Å². The molecule has 120 valence electrons. The van der Waals surface area contributed by atoms with Crippen LogP contribution >= 0.6 is 0 Å². The molecule has 0 bridgehead atoms. The zero-order valence-electron chi connectivity index (χ0n) is 15.1. The number of rotatable bonds is 4. The van der Waals surface area contributed by atoms with E-state index in [-0.39, 0.29) is 10.8 Å². The van der Waals surface area contributed by atoms with Crippen LogP contribution in [0, 0.1) is 0 Å². The molecule has 1 aliphatic rings. The second-order valence-electron chi connectivity index (χ2n) is 7.81. The maximum Gasteiger partial charge on any atom is 0.127 e. The lowest BCUT2D eigenvalue weighted by Crippen LogP contribution is -2.34. The summed E-state index contributed by atoms with van der Waals surface area (Å²) in [5.41, 5.74) is 8.57. The molecule has 0 aliphatic heterocycles. The first kappa shape index (κ1) is 16.9. The third-order valence-corrected chi connectivity index (χ3v) is 5.08. The van der Waals surface area contributed by atoms with E-state index in [2.05, 4.69) is 66.0 Å². The van der Waals surface area contributed by atoms with Gasteiger partial charge in [-0.3, -0.25) is 0 Å². The van der Waals surface area contributed by atoms with Crippen LogP contribution < -0.4 is 4.74 Å². The minimum atomic E-state index is 0.208. The summed E-state index contributed by atoms with van der Waals surface area (Å²) < 4.78 is 6.05. The van der Waals surface area contributed by atoms with E-state index in [4.69, 9.17) is 4.74 Å². The molecule has 0 unspecified atom stereocenters. The van der Waals surface area contributed by atoms with Gasteiger partial charge in [-0.1, -0.05) is 41.2 Å². The van der Waals surface area contributed by atoms with Crippen LogP contribution in [0.15, 0.2) is 24.4 Å². The molecule has 1 aliphatic carbocycles. The highest BCUT2D eigenvalue weighted by atomic mass is 16.5. The van der Waals surface area contributed by atoms with E-state index in [0.29, 0.717) is 0 Å². The van der Waals surface area contributed by atoms with Crippen molar-refractivity contribution >= 4 is 5.57 Å². The number of hydrogen-bond donors (Lipinski definition) is 0. The molecule has 0 saturated carbocycles. The van der Waals surface area contributed by atoms with Crippen LogP contribution in [0.25, 0.3) is 5.57 Å². The first-order chi connectivity index (χ1) is 10.2. The van der Waals surface area contributed by atoms with Crippen molar-refractivity contribution in [3.63, 3.8) is 0 Å². The Morgan fingerprint density at radius 2 is 1.68 bits per heavy atom. The fourth-order valence-electron chi connectivity index (χ4n) is 3.31. The summed E-state index contributed by atoms with van der Waals surface area (Å²) in [6.45, 7) is 18.2. The number of fused-ring (bicyclic) bond motifs is 1. The van der Waals surface area contributed by atoms with E-state index in [1.807, 2.05) is 0 Å². The van der Waals surface area contributed by atoms with E-state index in [0.717, 1.165) is 29.9 Å². The second-order valence-corrected chi connectivity index (χ2v) is 7.81. The van der Waals surface area contributed by atoms with Crippen molar-refractivity contribution in [1.82, 2.24) is 0 Å². The Morgan fingerprint density at radius 3 is 2.18 bits per heavy atom. The molecule has 0 heterocycles. The molecule has 1 aromatic carbocycles. The normalized spacial score (nSPS) is 18.3. The van der Waals surface area contributed by atoms with E-state index in [1.54, 1.807) is 0 Å². The quantitative estimate of drug-likeness (QED) is 0.618. The van der Waals surface area contributed by atoms with Crippen molar-refractivity contribution in [1.29, 1.82) is 0 Å². The molecule has 0 fully saturated rings. The van der Waals surface area contributed by atoms with Gasteiger partial charge in [-0.2, -0.15) is 0 Å². The van der Waals surface area contributed by atoms with Gasteiger partial charge in [-0.05, 0) is 60.3 Å². The first-order valence-corrected chi connectivity index (χ1v) is 8.42. The maximum atomic E-state index is 6.05. The van der Waals surface area contributed by atoms with Crippen LogP contribution in [0.2, 0.25) is 0 Å². The Labute approximate surface area is 136 Å². The van der Waals surface area contributed by atoms with Crippen LogP contribution in [-0.2, 0) is 10.8 Å². The molecular formula is C21H30O. The fourth-order valence-corrected chi connectivity index (χ4v) is 3.31. The van der Waals surface area contributed by atoms with Gasteiger partial charge in [0, 0.05) is 11.1 Å². The number of benzene rings is 1. The average molecular weight is 298 g/mol. The highest BCUT2D eigenvalue weighted by Gasteiger charge is 2.38. The van der Waals surface area contributed by atoms with Crippen molar-refractivity contribution in [3.05, 3.63) is 41.1 Å². The van der Waals surface area contributed by atoms with Crippen LogP contribution in [-0.4, -0.2) is 6.61 Å². The number of ether oxygens (including phenoxy) is 1. The van der Waals surface area contributed by atoms with Crippen LogP contribution in [0.3, 0.4) is 0 Å². The lowest BCUT2D eigenvalue weighted by molar-refractivity contribution is 0.306. The summed E-state index contributed by atoms with van der Waals surface area (Å²) >= 11 is 0. The summed E-state index contributed by atoms with van der Waals surface area (Å²) in [6.07, 6.45) is 3.45. The standard InChI is InChI=1S/C21H30O/c1-8-12-22-19-14-18-17(13-16(19)15(3)9-2)20(4,5)10-11-21(18,6)7/h13-14H,2,8,10-12H2,1,3-7H3. The van der Waals surface area contributed by atoms with Crippen molar-refractivity contribution in [2.24, 2.45) is 0 Å². The van der Waals surface area contributed by atoms with Crippen LogP contribution in [0.5, 0.6) is 5.75 Å². The van der Waals surface area contributed by atoms with Crippen molar-refractivity contribution in [2.45, 2.75) is 71.6 Å². The third-order valence-electron chi connectivity index (χ3n) is 5.08. The van der Waals surface area contributed by atoms with Gasteiger partial charge in [0.1, 0.15) is 5.75 Å². The summed E-state index contributed by atoms with van der Waals surface area (Å²) in [5.74, 6) is 0.986. The Hall–Kier alpha value is -1.46. The number of allylic oxidation sites excluding steroid dienone is 1. The minimum absolute atomic E-state index is 0.208. The molecule has 0 amide bonds. The van der Waals surface area contributed by atoms with Crippen molar-refractivity contribution in [2.75, 3.05) is 6.61 Å². The Bertz CT molecular complexity index is 613. The van der Waals surface area contributed by atoms with Gasteiger partial charge in [-0.15, -0.1) is 5.73 Å². The summed E-state index contributed by atoms with van der Waals surface area (Å²) in [6, 6.07) is 4.61.